The lowest BCUT2D eigenvalue weighted by Crippen LogP contribution is -2.33. The highest BCUT2D eigenvalue weighted by atomic mass is 19.4. The summed E-state index contributed by atoms with van der Waals surface area (Å²) in [5.74, 6) is -1.07. The second-order valence-corrected chi connectivity index (χ2v) is 5.54. The molecule has 0 spiro atoms. The summed E-state index contributed by atoms with van der Waals surface area (Å²) in [5, 5.41) is 0. The Kier molecular flexibility index (Phi) is 4.93. The number of benzene rings is 2. The van der Waals surface area contributed by atoms with Crippen molar-refractivity contribution in [1.29, 1.82) is 0 Å². The molecular formula is C18H14F3NO5. The summed E-state index contributed by atoms with van der Waals surface area (Å²) < 4.78 is 51.3. The van der Waals surface area contributed by atoms with Crippen LogP contribution in [-0.4, -0.2) is 38.3 Å². The Morgan fingerprint density at radius 2 is 1.59 bits per heavy atom. The van der Waals surface area contributed by atoms with E-state index < -0.39 is 23.8 Å². The number of rotatable bonds is 6. The minimum atomic E-state index is -4.88. The molecule has 0 fully saturated rings. The van der Waals surface area contributed by atoms with Gasteiger partial charge in [-0.05, 0) is 42.5 Å². The van der Waals surface area contributed by atoms with Crippen LogP contribution in [0.5, 0.6) is 17.2 Å². The van der Waals surface area contributed by atoms with Crippen LogP contribution < -0.4 is 19.1 Å². The lowest BCUT2D eigenvalue weighted by atomic mass is 10.1. The lowest BCUT2D eigenvalue weighted by molar-refractivity contribution is -0.274. The van der Waals surface area contributed by atoms with E-state index in [1.54, 1.807) is 24.3 Å². The van der Waals surface area contributed by atoms with Crippen molar-refractivity contribution in [2.45, 2.75) is 6.36 Å². The number of carbonyl (C=O) groups excluding carboxylic acids is 2. The first-order valence-corrected chi connectivity index (χ1v) is 7.81. The van der Waals surface area contributed by atoms with E-state index in [0.717, 1.165) is 12.1 Å². The molecule has 0 unspecified atom stereocenters. The number of nitrogens with zero attached hydrogens (tertiary/aromatic N) is 1. The minimum Gasteiger partial charge on any atom is -0.497 e. The summed E-state index contributed by atoms with van der Waals surface area (Å²) in [6.45, 7) is 0.147. The van der Waals surface area contributed by atoms with E-state index in [9.17, 15) is 22.8 Å². The Morgan fingerprint density at radius 3 is 2.22 bits per heavy atom. The first-order valence-electron chi connectivity index (χ1n) is 7.81. The van der Waals surface area contributed by atoms with Crippen molar-refractivity contribution in [1.82, 2.24) is 0 Å². The highest BCUT2D eigenvalue weighted by Crippen LogP contribution is 2.33. The molecule has 0 atom stereocenters. The number of Topliss-reactive ketones (excluding diaryl/α,β-unsaturated/α-hetero) is 1. The number of hydrogen-bond acceptors (Lipinski definition) is 5. The first-order chi connectivity index (χ1) is 12.8. The maximum Gasteiger partial charge on any atom is 0.573 e. The van der Waals surface area contributed by atoms with E-state index in [1.807, 2.05) is 0 Å². The van der Waals surface area contributed by atoms with Crippen LogP contribution in [0.2, 0.25) is 0 Å². The van der Waals surface area contributed by atoms with E-state index in [2.05, 4.69) is 4.74 Å². The van der Waals surface area contributed by atoms with E-state index in [-0.39, 0.29) is 24.4 Å². The molecule has 9 heteroatoms. The Morgan fingerprint density at radius 1 is 0.963 bits per heavy atom. The average molecular weight is 381 g/mol. The van der Waals surface area contributed by atoms with Gasteiger partial charge in [-0.3, -0.25) is 9.59 Å². The van der Waals surface area contributed by atoms with Gasteiger partial charge in [-0.15, -0.1) is 13.2 Å². The molecule has 2 aromatic rings. The predicted molar refractivity (Wildman–Crippen MR) is 88.3 cm³/mol. The molecule has 0 N–H and O–H groups in total. The molecule has 6 nitrogen and oxygen atoms in total. The molecule has 1 aliphatic rings. The van der Waals surface area contributed by atoms with Gasteiger partial charge in [0.15, 0.2) is 0 Å². The number of ether oxygens (including phenoxy) is 3. The van der Waals surface area contributed by atoms with Crippen molar-refractivity contribution in [2.75, 3.05) is 25.2 Å². The molecule has 3 rings (SSSR count). The molecule has 27 heavy (non-hydrogen) atoms. The second kappa shape index (κ2) is 7.18. The molecule has 1 amide bonds. The summed E-state index contributed by atoms with van der Waals surface area (Å²) >= 11 is 0. The van der Waals surface area contributed by atoms with Crippen LogP contribution in [0.1, 0.15) is 10.4 Å². The lowest BCUT2D eigenvalue weighted by Gasteiger charge is -2.17. The number of fused-ring (bicyclic) bond motifs is 1. The van der Waals surface area contributed by atoms with Gasteiger partial charge < -0.3 is 19.1 Å². The van der Waals surface area contributed by atoms with Crippen molar-refractivity contribution < 1.29 is 37.0 Å². The molecule has 0 aliphatic carbocycles. The standard InChI is InChI=1S/C18H14F3NO5/c1-25-11-2-4-12(5-3-11)26-9-8-22-15-7-6-13(27-18(19,20)21)10-14(15)16(23)17(22)24/h2-7,10H,8-9H2,1H3. The van der Waals surface area contributed by atoms with E-state index in [0.29, 0.717) is 11.5 Å². The zero-order valence-electron chi connectivity index (χ0n) is 14.1. The Hall–Kier alpha value is -3.23. The van der Waals surface area contributed by atoms with Gasteiger partial charge in [0.25, 0.3) is 11.7 Å². The minimum absolute atomic E-state index is 0.0586. The van der Waals surface area contributed by atoms with Crippen LogP contribution >= 0.6 is 0 Å². The number of amides is 1. The molecule has 1 aliphatic heterocycles. The molecule has 142 valence electrons. The number of hydrogen-bond donors (Lipinski definition) is 0. The van der Waals surface area contributed by atoms with Crippen molar-refractivity contribution in [3.05, 3.63) is 48.0 Å². The van der Waals surface area contributed by atoms with Crippen LogP contribution in [0, 0.1) is 0 Å². The van der Waals surface area contributed by atoms with Crippen LogP contribution in [-0.2, 0) is 4.79 Å². The SMILES string of the molecule is COc1ccc(OCCN2C(=O)C(=O)c3cc(OC(F)(F)F)ccc32)cc1. The number of carbonyl (C=O) groups is 2. The zero-order chi connectivity index (χ0) is 19.6. The number of alkyl halides is 3. The van der Waals surface area contributed by atoms with Gasteiger partial charge in [-0.1, -0.05) is 0 Å². The van der Waals surface area contributed by atoms with Crippen molar-refractivity contribution >= 4 is 17.4 Å². The number of methoxy groups -OCH3 is 1. The smallest absolute Gasteiger partial charge is 0.497 e. The van der Waals surface area contributed by atoms with Crippen LogP contribution in [0.3, 0.4) is 0 Å². The fourth-order valence-electron chi connectivity index (χ4n) is 2.63. The van der Waals surface area contributed by atoms with Crippen molar-refractivity contribution in [3.63, 3.8) is 0 Å². The third-order valence-electron chi connectivity index (χ3n) is 3.82. The molecule has 0 saturated carbocycles. The van der Waals surface area contributed by atoms with Crippen molar-refractivity contribution in [3.8, 4) is 17.2 Å². The van der Waals surface area contributed by atoms with Gasteiger partial charge in [0.05, 0.1) is 24.9 Å². The fraction of sp³-hybridized carbons (Fsp3) is 0.222. The maximum atomic E-state index is 12.3. The maximum absolute atomic E-state index is 12.3. The largest absolute Gasteiger partial charge is 0.573 e. The van der Waals surface area contributed by atoms with E-state index >= 15 is 0 Å². The fourth-order valence-corrected chi connectivity index (χ4v) is 2.63. The summed E-state index contributed by atoms with van der Waals surface area (Å²) in [6, 6.07) is 9.99. The molecule has 0 radical (unpaired) electrons. The van der Waals surface area contributed by atoms with Crippen molar-refractivity contribution in [2.24, 2.45) is 0 Å². The first kappa shape index (κ1) is 18.6. The summed E-state index contributed by atoms with van der Waals surface area (Å²) in [7, 11) is 1.54. The number of halogens is 3. The van der Waals surface area contributed by atoms with Gasteiger partial charge in [0.1, 0.15) is 23.9 Å². The Bertz CT molecular complexity index is 864. The van der Waals surface area contributed by atoms with Crippen LogP contribution in [0.25, 0.3) is 0 Å². The second-order valence-electron chi connectivity index (χ2n) is 5.54. The average Bonchev–Trinajstić information content (AvgIpc) is 2.85. The monoisotopic (exact) mass is 381 g/mol. The molecule has 2 aromatic carbocycles. The van der Waals surface area contributed by atoms with Gasteiger partial charge in [0.2, 0.25) is 0 Å². The molecular weight excluding hydrogens is 367 g/mol. The molecule has 0 saturated heterocycles. The van der Waals surface area contributed by atoms with Gasteiger partial charge in [0, 0.05) is 0 Å². The highest BCUT2D eigenvalue weighted by Gasteiger charge is 2.37. The van der Waals surface area contributed by atoms with Gasteiger partial charge in [-0.25, -0.2) is 0 Å². The summed E-state index contributed by atoms with van der Waals surface area (Å²) in [6.07, 6.45) is -4.88. The zero-order valence-corrected chi connectivity index (χ0v) is 14.1. The van der Waals surface area contributed by atoms with Gasteiger partial charge >= 0.3 is 6.36 Å². The van der Waals surface area contributed by atoms with E-state index in [1.165, 1.54) is 18.1 Å². The quantitative estimate of drug-likeness (QED) is 0.719. The number of ketones is 1. The molecule has 0 aromatic heterocycles. The summed E-state index contributed by atoms with van der Waals surface area (Å²) in [5.41, 5.74) is 0.0871. The van der Waals surface area contributed by atoms with Crippen LogP contribution in [0.15, 0.2) is 42.5 Å². The normalized spacial score (nSPS) is 13.6. The Balaban J connectivity index is 1.68. The third-order valence-corrected chi connectivity index (χ3v) is 3.82. The predicted octanol–water partition coefficient (Wildman–Crippen LogP) is 3.20. The highest BCUT2D eigenvalue weighted by molar-refractivity contribution is 6.52. The summed E-state index contributed by atoms with van der Waals surface area (Å²) in [4.78, 5) is 25.3. The molecule has 1 heterocycles. The van der Waals surface area contributed by atoms with E-state index in [4.69, 9.17) is 9.47 Å². The number of anilines is 1. The molecule has 0 bridgehead atoms. The van der Waals surface area contributed by atoms with Gasteiger partial charge in [-0.2, -0.15) is 0 Å². The third kappa shape index (κ3) is 4.13. The topological polar surface area (TPSA) is 65.1 Å². The Labute approximate surface area is 152 Å². The van der Waals surface area contributed by atoms with Crippen LogP contribution in [0.4, 0.5) is 18.9 Å².